The minimum Gasteiger partial charge on any atom is -0.497 e. The van der Waals surface area contributed by atoms with Gasteiger partial charge in [-0.25, -0.2) is 4.39 Å². The normalized spacial score (nSPS) is 11.9. The van der Waals surface area contributed by atoms with Crippen LogP contribution in [0.15, 0.2) is 72.8 Å². The number of aliphatic hydroxyl groups excluding tert-OH is 1. The molecule has 0 saturated heterocycles. The highest BCUT2D eigenvalue weighted by atomic mass is 19.1. The lowest BCUT2D eigenvalue weighted by atomic mass is 10.1. The quantitative estimate of drug-likeness (QED) is 0.497. The summed E-state index contributed by atoms with van der Waals surface area (Å²) in [6, 6.07) is 21.5. The molecule has 0 heterocycles. The minimum atomic E-state index is -0.694. The molecule has 0 bridgehead atoms. The zero-order chi connectivity index (χ0) is 22.1. The Morgan fingerprint density at radius 3 is 1.71 bits per heavy atom. The van der Waals surface area contributed by atoms with Gasteiger partial charge in [-0.3, -0.25) is 4.90 Å². The first-order valence-electron chi connectivity index (χ1n) is 10.1. The molecule has 0 aromatic heterocycles. The van der Waals surface area contributed by atoms with E-state index < -0.39 is 6.10 Å². The summed E-state index contributed by atoms with van der Waals surface area (Å²) in [7, 11) is 3.24. The Morgan fingerprint density at radius 2 is 1.19 bits per heavy atom. The summed E-state index contributed by atoms with van der Waals surface area (Å²) in [4.78, 5) is 2.11. The molecule has 0 saturated carbocycles. The fourth-order valence-corrected chi connectivity index (χ4v) is 3.24. The van der Waals surface area contributed by atoms with Crippen molar-refractivity contribution in [2.75, 3.05) is 27.4 Å². The van der Waals surface area contributed by atoms with E-state index in [9.17, 15) is 9.50 Å². The first kappa shape index (κ1) is 22.6. The van der Waals surface area contributed by atoms with Gasteiger partial charge in [0.15, 0.2) is 0 Å². The second-order valence-corrected chi connectivity index (χ2v) is 7.28. The Kier molecular flexibility index (Phi) is 8.27. The van der Waals surface area contributed by atoms with E-state index in [1.807, 2.05) is 36.4 Å². The second-order valence-electron chi connectivity index (χ2n) is 7.28. The molecule has 3 aromatic carbocycles. The highest BCUT2D eigenvalue weighted by molar-refractivity contribution is 5.31. The van der Waals surface area contributed by atoms with E-state index in [4.69, 9.17) is 14.2 Å². The number of hydrogen-bond acceptors (Lipinski definition) is 5. The average Bonchev–Trinajstić information content (AvgIpc) is 2.80. The fourth-order valence-electron chi connectivity index (χ4n) is 3.24. The molecular weight excluding hydrogens is 397 g/mol. The molecule has 1 N–H and O–H groups in total. The molecule has 164 valence electrons. The minimum absolute atomic E-state index is 0.162. The number of halogens is 1. The van der Waals surface area contributed by atoms with Crippen molar-refractivity contribution in [3.63, 3.8) is 0 Å². The maximum Gasteiger partial charge on any atom is 0.123 e. The Morgan fingerprint density at radius 1 is 0.742 bits per heavy atom. The molecule has 3 aromatic rings. The molecule has 0 amide bonds. The SMILES string of the molecule is COc1ccc(CN(Cc2ccc(F)cc2)C[C@@H](O)COc2ccc(OC)cc2)cc1. The molecule has 5 nitrogen and oxygen atoms in total. The first-order valence-corrected chi connectivity index (χ1v) is 10.1. The molecular formula is C25H28FNO4. The maximum absolute atomic E-state index is 13.3. The average molecular weight is 426 g/mol. The molecule has 0 aliphatic heterocycles. The van der Waals surface area contributed by atoms with Crippen molar-refractivity contribution in [1.82, 2.24) is 4.90 Å². The van der Waals surface area contributed by atoms with Gasteiger partial charge in [0, 0.05) is 19.6 Å². The summed E-state index contributed by atoms with van der Waals surface area (Å²) in [5.74, 6) is 1.94. The molecule has 6 heteroatoms. The van der Waals surface area contributed by atoms with Gasteiger partial charge in [-0.2, -0.15) is 0 Å². The van der Waals surface area contributed by atoms with Crippen LogP contribution in [0.2, 0.25) is 0 Å². The van der Waals surface area contributed by atoms with Gasteiger partial charge >= 0.3 is 0 Å². The zero-order valence-electron chi connectivity index (χ0n) is 17.8. The van der Waals surface area contributed by atoms with Crippen LogP contribution in [-0.4, -0.2) is 43.5 Å². The number of aliphatic hydroxyl groups is 1. The fraction of sp³-hybridized carbons (Fsp3) is 0.280. The predicted molar refractivity (Wildman–Crippen MR) is 118 cm³/mol. The topological polar surface area (TPSA) is 51.2 Å². The van der Waals surface area contributed by atoms with Gasteiger partial charge in [0.25, 0.3) is 0 Å². The number of methoxy groups -OCH3 is 2. The van der Waals surface area contributed by atoms with Gasteiger partial charge in [-0.15, -0.1) is 0 Å². The summed E-state index contributed by atoms with van der Waals surface area (Å²) in [6.45, 7) is 1.77. The van der Waals surface area contributed by atoms with E-state index in [2.05, 4.69) is 4.90 Å². The molecule has 0 unspecified atom stereocenters. The van der Waals surface area contributed by atoms with Gasteiger partial charge in [0.2, 0.25) is 0 Å². The highest BCUT2D eigenvalue weighted by Gasteiger charge is 2.14. The highest BCUT2D eigenvalue weighted by Crippen LogP contribution is 2.18. The number of nitrogens with zero attached hydrogens (tertiary/aromatic N) is 1. The van der Waals surface area contributed by atoms with Crippen LogP contribution in [0.4, 0.5) is 4.39 Å². The summed E-state index contributed by atoms with van der Waals surface area (Å²) >= 11 is 0. The second kappa shape index (κ2) is 11.3. The maximum atomic E-state index is 13.3. The third kappa shape index (κ3) is 7.27. The van der Waals surface area contributed by atoms with Crippen molar-refractivity contribution in [3.8, 4) is 17.2 Å². The number of rotatable bonds is 11. The van der Waals surface area contributed by atoms with Gasteiger partial charge in [-0.1, -0.05) is 24.3 Å². The standard InChI is InChI=1S/C25H28FNO4/c1-29-23-9-5-20(6-10-23)16-27(15-19-3-7-21(26)8-4-19)17-22(28)18-31-25-13-11-24(30-2)12-14-25/h3-14,22,28H,15-18H2,1-2H3/t22-/m1/s1. The molecule has 0 radical (unpaired) electrons. The molecule has 3 rings (SSSR count). The van der Waals surface area contributed by atoms with E-state index in [1.165, 1.54) is 12.1 Å². The predicted octanol–water partition coefficient (Wildman–Crippen LogP) is 4.29. The lowest BCUT2D eigenvalue weighted by molar-refractivity contribution is 0.0628. The molecule has 0 fully saturated rings. The Labute approximate surface area is 182 Å². The van der Waals surface area contributed by atoms with E-state index >= 15 is 0 Å². The van der Waals surface area contributed by atoms with Crippen LogP contribution in [0.25, 0.3) is 0 Å². The Bertz CT molecular complexity index is 914. The van der Waals surface area contributed by atoms with Crippen molar-refractivity contribution in [1.29, 1.82) is 0 Å². The summed E-state index contributed by atoms with van der Waals surface area (Å²) < 4.78 is 29.3. The van der Waals surface area contributed by atoms with E-state index in [1.54, 1.807) is 38.5 Å². The van der Waals surface area contributed by atoms with Gasteiger partial charge in [-0.05, 0) is 59.7 Å². The van der Waals surface area contributed by atoms with E-state index in [0.29, 0.717) is 25.4 Å². The molecule has 0 aliphatic carbocycles. The largest absolute Gasteiger partial charge is 0.497 e. The van der Waals surface area contributed by atoms with Crippen molar-refractivity contribution in [3.05, 3.63) is 89.7 Å². The van der Waals surface area contributed by atoms with Crippen LogP contribution in [0.3, 0.4) is 0 Å². The molecule has 1 atom stereocenters. The van der Waals surface area contributed by atoms with E-state index in [0.717, 1.165) is 22.6 Å². The summed E-state index contributed by atoms with van der Waals surface area (Å²) in [5, 5.41) is 10.6. The van der Waals surface area contributed by atoms with Crippen LogP contribution in [-0.2, 0) is 13.1 Å². The van der Waals surface area contributed by atoms with Crippen molar-refractivity contribution in [2.45, 2.75) is 19.2 Å². The number of ether oxygens (including phenoxy) is 3. The molecule has 0 spiro atoms. The van der Waals surface area contributed by atoms with Crippen LogP contribution in [0, 0.1) is 5.82 Å². The van der Waals surface area contributed by atoms with Crippen LogP contribution < -0.4 is 14.2 Å². The third-order valence-corrected chi connectivity index (χ3v) is 4.86. The smallest absolute Gasteiger partial charge is 0.123 e. The van der Waals surface area contributed by atoms with E-state index in [-0.39, 0.29) is 12.4 Å². The summed E-state index contributed by atoms with van der Waals surface area (Å²) in [6.07, 6.45) is -0.694. The van der Waals surface area contributed by atoms with Crippen molar-refractivity contribution >= 4 is 0 Å². The Hall–Kier alpha value is -3.09. The Balaban J connectivity index is 1.62. The monoisotopic (exact) mass is 425 g/mol. The third-order valence-electron chi connectivity index (χ3n) is 4.86. The van der Waals surface area contributed by atoms with Crippen LogP contribution >= 0.6 is 0 Å². The first-order chi connectivity index (χ1) is 15.1. The van der Waals surface area contributed by atoms with Crippen LogP contribution in [0.1, 0.15) is 11.1 Å². The summed E-state index contributed by atoms with van der Waals surface area (Å²) in [5.41, 5.74) is 2.06. The van der Waals surface area contributed by atoms with Gasteiger partial charge in [0.1, 0.15) is 35.8 Å². The van der Waals surface area contributed by atoms with Crippen molar-refractivity contribution < 1.29 is 23.7 Å². The van der Waals surface area contributed by atoms with Crippen LogP contribution in [0.5, 0.6) is 17.2 Å². The number of hydrogen-bond donors (Lipinski definition) is 1. The molecule has 0 aliphatic rings. The lowest BCUT2D eigenvalue weighted by Crippen LogP contribution is -2.35. The molecule has 31 heavy (non-hydrogen) atoms. The van der Waals surface area contributed by atoms with Gasteiger partial charge in [0.05, 0.1) is 14.2 Å². The zero-order valence-corrected chi connectivity index (χ0v) is 17.8. The number of benzene rings is 3. The van der Waals surface area contributed by atoms with Gasteiger partial charge < -0.3 is 19.3 Å². The lowest BCUT2D eigenvalue weighted by Gasteiger charge is -2.25. The van der Waals surface area contributed by atoms with Crippen molar-refractivity contribution in [2.24, 2.45) is 0 Å².